The first-order valence-electron chi connectivity index (χ1n) is 11.3. The van der Waals surface area contributed by atoms with Crippen LogP contribution in [0.4, 0.5) is 0 Å². The van der Waals surface area contributed by atoms with Gasteiger partial charge in [-0.3, -0.25) is 9.78 Å². The molecular weight excluding hydrogens is 428 g/mol. The molecule has 175 valence electrons. The first kappa shape index (κ1) is 27.4. The van der Waals surface area contributed by atoms with Gasteiger partial charge in [-0.2, -0.15) is 0 Å². The van der Waals surface area contributed by atoms with Gasteiger partial charge in [0.05, 0.1) is 12.2 Å². The van der Waals surface area contributed by atoms with Crippen LogP contribution in [-0.4, -0.2) is 35.9 Å². The summed E-state index contributed by atoms with van der Waals surface area (Å²) in [5.41, 5.74) is 0.446. The van der Waals surface area contributed by atoms with Crippen molar-refractivity contribution < 1.29 is 28.2 Å². The van der Waals surface area contributed by atoms with Gasteiger partial charge in [0.2, 0.25) is 0 Å². The summed E-state index contributed by atoms with van der Waals surface area (Å²) in [6.45, 7) is 10.8. The van der Waals surface area contributed by atoms with Crippen LogP contribution >= 0.6 is 0 Å². The van der Waals surface area contributed by atoms with Crippen LogP contribution in [0.15, 0.2) is 24.3 Å². The van der Waals surface area contributed by atoms with Crippen molar-refractivity contribution in [3.8, 4) is 5.75 Å². The van der Waals surface area contributed by atoms with E-state index < -0.39 is 23.3 Å². The van der Waals surface area contributed by atoms with Crippen molar-refractivity contribution in [2.45, 2.75) is 90.5 Å². The zero-order chi connectivity index (χ0) is 23.1. The summed E-state index contributed by atoms with van der Waals surface area (Å²) in [6.07, 6.45) is 9.56. The molecule has 0 fully saturated rings. The monoisotopic (exact) mass is 467 g/mol. The Bertz CT molecular complexity index is 646. The van der Waals surface area contributed by atoms with Crippen LogP contribution in [-0.2, 0) is 18.5 Å². The molecule has 0 saturated carbocycles. The smallest absolute Gasteiger partial charge is 0.352 e. The minimum atomic E-state index is -1.42. The fourth-order valence-corrected chi connectivity index (χ4v) is 9.25. The highest BCUT2D eigenvalue weighted by molar-refractivity contribution is 6.77. The van der Waals surface area contributed by atoms with Gasteiger partial charge >= 0.3 is 11.9 Å². The fourth-order valence-electron chi connectivity index (χ4n) is 3.32. The number of hydrogen-bond donors (Lipinski definition) is 0. The Morgan fingerprint density at radius 1 is 0.871 bits per heavy atom. The molecule has 1 aromatic carbocycles. The van der Waals surface area contributed by atoms with Crippen LogP contribution < -0.4 is 4.89 Å². The Morgan fingerprint density at radius 2 is 1.42 bits per heavy atom. The van der Waals surface area contributed by atoms with Crippen molar-refractivity contribution >= 4 is 29.3 Å². The number of hydrogen-bond acceptors (Lipinski definition) is 6. The number of rotatable bonds is 16. The summed E-state index contributed by atoms with van der Waals surface area (Å²) in [4.78, 5) is 32.0. The maximum atomic E-state index is 12.0. The first-order valence-corrected chi connectivity index (χ1v) is 16.8. The minimum Gasteiger partial charge on any atom is -0.462 e. The third-order valence-corrected chi connectivity index (χ3v) is 10.1. The molecule has 1 aromatic rings. The predicted octanol–water partition coefficient (Wildman–Crippen LogP) is 6.29. The van der Waals surface area contributed by atoms with Crippen LogP contribution in [0.3, 0.4) is 0 Å². The molecule has 6 nitrogen and oxygen atoms in total. The second-order valence-corrected chi connectivity index (χ2v) is 15.3. The van der Waals surface area contributed by atoms with Crippen LogP contribution in [0.5, 0.6) is 5.75 Å². The molecule has 1 radical (unpaired) electrons. The zero-order valence-corrected chi connectivity index (χ0v) is 21.8. The summed E-state index contributed by atoms with van der Waals surface area (Å²) in [6, 6.07) is 7.56. The Morgan fingerprint density at radius 3 is 1.97 bits per heavy atom. The average molecular weight is 468 g/mol. The lowest BCUT2D eigenvalue weighted by molar-refractivity contribution is -0.210. The third-order valence-electron chi connectivity index (χ3n) is 4.73. The predicted molar refractivity (Wildman–Crippen MR) is 127 cm³/mol. The van der Waals surface area contributed by atoms with E-state index in [4.69, 9.17) is 13.7 Å². The van der Waals surface area contributed by atoms with Crippen molar-refractivity contribution in [3.63, 3.8) is 0 Å². The Kier molecular flexibility index (Phi) is 13.4. The maximum absolute atomic E-state index is 12.0. The largest absolute Gasteiger partial charge is 0.462 e. The van der Waals surface area contributed by atoms with E-state index in [2.05, 4.69) is 31.1 Å². The van der Waals surface area contributed by atoms with E-state index in [1.807, 2.05) is 0 Å². The van der Waals surface area contributed by atoms with Crippen molar-refractivity contribution in [2.75, 3.05) is 6.61 Å². The Labute approximate surface area is 190 Å². The molecule has 0 saturated heterocycles. The summed E-state index contributed by atoms with van der Waals surface area (Å²) in [7, 11) is -1.99. The average Bonchev–Trinajstić information content (AvgIpc) is 2.69. The second-order valence-electron chi connectivity index (χ2n) is 8.67. The molecule has 0 unspecified atom stereocenters. The summed E-state index contributed by atoms with van der Waals surface area (Å²) >= 11 is 0. The molecular formula is C23H39O6Si2. The molecule has 0 spiro atoms. The molecule has 0 aliphatic carbocycles. The fraction of sp³-hybridized carbons (Fsp3) is 0.652. The van der Waals surface area contributed by atoms with Crippen LogP contribution in [0.25, 0.3) is 0 Å². The summed E-state index contributed by atoms with van der Waals surface area (Å²) in [5, 5.41) is 0. The number of esters is 1. The highest BCUT2D eigenvalue weighted by Crippen LogP contribution is 2.18. The van der Waals surface area contributed by atoms with Crippen LogP contribution in [0, 0.1) is 0 Å². The zero-order valence-electron chi connectivity index (χ0n) is 19.8. The number of carbonyl (C=O) groups excluding carboxylic acids is 2. The molecule has 0 aliphatic rings. The van der Waals surface area contributed by atoms with E-state index in [9.17, 15) is 9.59 Å². The van der Waals surface area contributed by atoms with E-state index in [1.54, 1.807) is 24.3 Å². The van der Waals surface area contributed by atoms with Gasteiger partial charge in [-0.05, 0) is 62.9 Å². The van der Waals surface area contributed by atoms with E-state index in [1.165, 1.54) is 51.5 Å². The number of benzene rings is 1. The molecule has 0 heterocycles. The van der Waals surface area contributed by atoms with Gasteiger partial charge in [-0.1, -0.05) is 44.9 Å². The Balaban J connectivity index is 2.01. The summed E-state index contributed by atoms with van der Waals surface area (Å²) in [5.74, 6) is -0.543. The molecule has 8 heteroatoms. The molecule has 0 bridgehead atoms. The van der Waals surface area contributed by atoms with Crippen molar-refractivity contribution in [2.24, 2.45) is 0 Å². The minimum absolute atomic E-state index is 0.350. The summed E-state index contributed by atoms with van der Waals surface area (Å²) < 4.78 is 11.5. The van der Waals surface area contributed by atoms with E-state index in [0.717, 1.165) is 12.8 Å². The van der Waals surface area contributed by atoms with Crippen molar-refractivity contribution in [1.29, 1.82) is 0 Å². The first-order chi connectivity index (χ1) is 14.7. The highest BCUT2D eigenvalue weighted by Gasteiger charge is 2.22. The van der Waals surface area contributed by atoms with Crippen LogP contribution in [0.1, 0.15) is 68.6 Å². The van der Waals surface area contributed by atoms with Crippen molar-refractivity contribution in [1.82, 2.24) is 0 Å². The van der Waals surface area contributed by atoms with Gasteiger partial charge < -0.3 is 8.85 Å². The molecule has 0 amide bonds. The van der Waals surface area contributed by atoms with Crippen LogP contribution in [0.2, 0.25) is 32.2 Å². The Hall–Kier alpha value is -1.65. The lowest BCUT2D eigenvalue weighted by Crippen LogP contribution is -2.34. The maximum Gasteiger partial charge on any atom is 0.352 e. The number of carbonyl (C=O) groups is 2. The molecule has 0 atom stereocenters. The number of ether oxygens (including phenoxy) is 1. The lowest BCUT2D eigenvalue weighted by Gasteiger charge is -2.25. The number of unbranched alkanes of at least 4 members (excludes halogenated alkanes) is 7. The van der Waals surface area contributed by atoms with Gasteiger partial charge in [-0.25, -0.2) is 9.59 Å². The highest BCUT2D eigenvalue weighted by atomic mass is 28.4. The molecule has 1 rings (SSSR count). The van der Waals surface area contributed by atoms with Gasteiger partial charge in [0.1, 0.15) is 0 Å². The van der Waals surface area contributed by atoms with E-state index in [-0.39, 0.29) is 5.97 Å². The lowest BCUT2D eigenvalue weighted by atomic mass is 10.1. The third kappa shape index (κ3) is 14.1. The normalized spacial score (nSPS) is 11.4. The quantitative estimate of drug-likeness (QED) is 0.0935. The van der Waals surface area contributed by atoms with Gasteiger partial charge in [-0.15, -0.1) is 0 Å². The van der Waals surface area contributed by atoms with Gasteiger partial charge in [0.15, 0.2) is 23.1 Å². The van der Waals surface area contributed by atoms with Crippen molar-refractivity contribution in [3.05, 3.63) is 29.8 Å². The van der Waals surface area contributed by atoms with Gasteiger partial charge in [0, 0.05) is 6.92 Å². The SMILES string of the molecule is CC(=O)OOc1ccc(C(=O)OCCCCCCCCCC[Si](C)(C)O[Si](C)C)cc1. The molecule has 0 N–H and O–H groups in total. The topological polar surface area (TPSA) is 71.1 Å². The standard InChI is InChI=1S/C23H39O6Si2/c1-20(24)27-28-22-16-14-21(15-17-22)23(25)26-18-12-10-8-6-7-9-11-13-19-31(4,5)29-30(2)3/h14-17H,6-13,18-19H2,1-5H3. The van der Waals surface area contributed by atoms with Gasteiger partial charge in [0.25, 0.3) is 0 Å². The van der Waals surface area contributed by atoms with E-state index >= 15 is 0 Å². The molecule has 31 heavy (non-hydrogen) atoms. The molecule has 0 aromatic heterocycles. The second kappa shape index (κ2) is 15.2. The van der Waals surface area contributed by atoms with E-state index in [0.29, 0.717) is 17.9 Å². The molecule has 0 aliphatic heterocycles.